The number of rotatable bonds is 9. The summed E-state index contributed by atoms with van der Waals surface area (Å²) in [6.07, 6.45) is 1.99. The van der Waals surface area contributed by atoms with Crippen molar-refractivity contribution < 1.29 is 8.83 Å². The second kappa shape index (κ2) is 26.1. The molecule has 8 heterocycles. The number of furan rings is 2. The fraction of sp³-hybridized carbons (Fsp3) is 0.220. The van der Waals surface area contributed by atoms with Crippen LogP contribution in [0.2, 0.25) is 0 Å². The molecule has 16 aromatic carbocycles. The Morgan fingerprint density at radius 2 is 0.909 bits per heavy atom. The van der Waals surface area contributed by atoms with Gasteiger partial charge < -0.3 is 13.8 Å². The molecule has 0 amide bonds. The third-order valence-corrected chi connectivity index (χ3v) is 34.0. The fourth-order valence-corrected chi connectivity index (χ4v) is 26.5. The summed E-state index contributed by atoms with van der Waals surface area (Å²) in [6.45, 7) is 45.7. The van der Waals surface area contributed by atoms with Gasteiger partial charge in [-0.3, -0.25) is 0 Å². The predicted octanol–water partition coefficient (Wildman–Crippen LogP) is 32.5. The van der Waals surface area contributed by atoms with Gasteiger partial charge >= 0.3 is 409 Å². The molecule has 0 unspecified atom stereocenters. The van der Waals surface area contributed by atoms with Gasteiger partial charge in [-0.1, -0.05) is 121 Å². The van der Waals surface area contributed by atoms with Gasteiger partial charge in [-0.05, 0) is 134 Å². The monoisotopic (exact) mass is 1720 g/mol. The summed E-state index contributed by atoms with van der Waals surface area (Å²) < 4.78 is 21.5. The quantitative estimate of drug-likeness (QED) is 0.116. The Bertz CT molecular complexity index is 9010. The average Bonchev–Trinajstić information content (AvgIpc) is 1.53. The largest absolute Gasteiger partial charge is 0.135 e. The number of aromatic nitrogens is 2. The molecule has 6 aromatic heterocycles. The maximum atomic E-state index is 6.79. The number of thiophene rings is 1. The average molecular weight is 1720 g/mol. The first-order valence-electron chi connectivity index (χ1n) is 47.6. The molecular formula is C123H103B2N4O2S+. The fourth-order valence-electron chi connectivity index (χ4n) is 25.3. The van der Waals surface area contributed by atoms with Gasteiger partial charge in [0.15, 0.2) is 0 Å². The Hall–Kier alpha value is -13.3. The first-order chi connectivity index (χ1) is 63.2. The third-order valence-electron chi connectivity index (χ3n) is 32.8. The summed E-state index contributed by atoms with van der Waals surface area (Å²) >= 11 is 1.92. The van der Waals surface area contributed by atoms with Gasteiger partial charge in [0.25, 0.3) is 0 Å². The molecule has 132 heavy (non-hydrogen) atoms. The molecule has 22 aromatic rings. The van der Waals surface area contributed by atoms with Gasteiger partial charge in [0, 0.05) is 69.8 Å². The minimum absolute atomic E-state index is 0.00842. The van der Waals surface area contributed by atoms with E-state index < -0.39 is 0 Å². The molecule has 5 aliphatic rings. The normalized spacial score (nSPS) is 15.1. The van der Waals surface area contributed by atoms with Crippen LogP contribution in [0.3, 0.4) is 0 Å². The molecule has 0 saturated carbocycles. The zero-order chi connectivity index (χ0) is 89.9. The number of aryl methyl sites for hydroxylation is 2. The first-order valence-corrected chi connectivity index (χ1v) is 48.5. The Morgan fingerprint density at radius 3 is 1.62 bits per heavy atom. The number of para-hydroxylation sites is 2. The van der Waals surface area contributed by atoms with E-state index in [9.17, 15) is 0 Å². The molecule has 0 saturated heterocycles. The van der Waals surface area contributed by atoms with E-state index in [1.807, 2.05) is 11.3 Å². The van der Waals surface area contributed by atoms with Crippen molar-refractivity contribution in [3.8, 4) is 61.3 Å². The minimum atomic E-state index is -0.287. The summed E-state index contributed by atoms with van der Waals surface area (Å²) in [6, 6.07) is 104. The van der Waals surface area contributed by atoms with Gasteiger partial charge in [-0.25, -0.2) is 0 Å². The number of fused-ring (bicyclic) bond motifs is 31. The van der Waals surface area contributed by atoms with E-state index in [0.717, 1.165) is 68.1 Å². The van der Waals surface area contributed by atoms with Crippen LogP contribution in [0.15, 0.2) is 276 Å². The van der Waals surface area contributed by atoms with Crippen LogP contribution in [0, 0.1) is 13.8 Å². The zero-order valence-corrected chi connectivity index (χ0v) is 79.4. The topological polar surface area (TPSA) is 50.9 Å². The van der Waals surface area contributed by atoms with Crippen LogP contribution < -0.4 is 21.1 Å². The number of hydrogen-bond acceptors (Lipinski definition) is 5. The SMILES string of the molecule is Cc1cc2c3c4c1c1cc5oc6ccccc6c5cc1n4-c1cc4c(cc1B3N(c1ccc(C(C)(C)C)cc1)c1cc3c(cc1-2)-c1cc(C(C)(C)CCC(C)(C)c2ccc(Nc5cc6c(cc5-c5cc(C)c7c8cc9oc%10ccccc%10c9cc8n8c9cc%10c(cc9[b+]c5c78)C(C)(C)c5ccccc5-%10)-c5ccc(C(C)(C)C)cc5C6(C)C)cc2)ccc1C3(C)C)sc1ccccc14. The smallest absolute Gasteiger partial charge is 0.0355 e. The van der Waals surface area contributed by atoms with Crippen LogP contribution in [0.25, 0.3) is 185 Å². The van der Waals surface area contributed by atoms with Crippen LogP contribution in [0.5, 0.6) is 0 Å². The molecule has 2 aliphatic heterocycles. The van der Waals surface area contributed by atoms with Crippen molar-refractivity contribution in [2.45, 2.75) is 175 Å². The minimum Gasteiger partial charge on any atom is -0.135 e. The van der Waals surface area contributed by atoms with Gasteiger partial charge in [0.05, 0.1) is 11.0 Å². The predicted molar refractivity (Wildman–Crippen MR) is 564 cm³/mol. The second-order valence-corrected chi connectivity index (χ2v) is 45.6. The zero-order valence-electron chi connectivity index (χ0n) is 78.5. The molecule has 1 N–H and O–H groups in total. The number of benzene rings is 16. The molecule has 0 atom stereocenters. The molecule has 638 valence electrons. The summed E-state index contributed by atoms with van der Waals surface area (Å²) in [5.74, 6) is 0. The Balaban J connectivity index is 0.562. The van der Waals surface area contributed by atoms with E-state index in [4.69, 9.17) is 8.83 Å². The van der Waals surface area contributed by atoms with E-state index >= 15 is 0 Å². The van der Waals surface area contributed by atoms with Crippen molar-refractivity contribution in [2.75, 3.05) is 10.1 Å². The molecule has 6 nitrogen and oxygen atoms in total. The van der Waals surface area contributed by atoms with E-state index in [1.165, 1.54) is 230 Å². The molecular weight excluding hydrogens is 1620 g/mol. The number of hydrogen-bond donors (Lipinski definition) is 1. The number of nitrogens with one attached hydrogen (secondary N) is 1. The van der Waals surface area contributed by atoms with Crippen molar-refractivity contribution in [2.24, 2.45) is 0 Å². The van der Waals surface area contributed by atoms with Crippen molar-refractivity contribution in [3.63, 3.8) is 0 Å². The van der Waals surface area contributed by atoms with Crippen LogP contribution in [-0.4, -0.2) is 22.7 Å². The van der Waals surface area contributed by atoms with Gasteiger partial charge in [-0.15, -0.1) is 11.3 Å². The van der Waals surface area contributed by atoms with E-state index in [2.05, 4.69) is 418 Å². The van der Waals surface area contributed by atoms with Crippen molar-refractivity contribution in [1.29, 1.82) is 0 Å². The summed E-state index contributed by atoms with van der Waals surface area (Å²) in [7, 11) is 0. The summed E-state index contributed by atoms with van der Waals surface area (Å²) in [5.41, 5.74) is 46.2. The second-order valence-electron chi connectivity index (χ2n) is 44.6. The molecule has 27 rings (SSSR count). The number of nitrogens with zero attached hydrogens (tertiary/aromatic N) is 3. The van der Waals surface area contributed by atoms with Gasteiger partial charge in [0.2, 0.25) is 0 Å². The first kappa shape index (κ1) is 78.5. The molecule has 0 spiro atoms. The Morgan fingerprint density at radius 1 is 0.364 bits per heavy atom. The van der Waals surface area contributed by atoms with Crippen LogP contribution in [-0.2, 0) is 37.9 Å². The van der Waals surface area contributed by atoms with Gasteiger partial charge in [-0.2, -0.15) is 0 Å². The molecule has 0 fully saturated rings. The van der Waals surface area contributed by atoms with Crippen molar-refractivity contribution in [1.82, 2.24) is 8.97 Å². The number of anilines is 4. The van der Waals surface area contributed by atoms with Gasteiger partial charge in [0.1, 0.15) is 11.2 Å². The van der Waals surface area contributed by atoms with Crippen molar-refractivity contribution >= 4 is 183 Å². The maximum absolute atomic E-state index is 6.79. The standard InChI is InChI=1S/C123H103B2N4O2S/c1-65-49-87(113-115-111(65)89-59-107-84(75-28-20-24-32-105(75)130-107)56-100(89)127(115)103-55-81-73-27-19-23-31-91(73)121(13,14)94(81)61-97(103)124-113)82-53-79-74-45-39-69(118(6,7)8)52-93(74)123(17,18)95(79)62-99(82)126-71-41-35-68(36-42-71)119(9,10)47-48-120(11,12)70-40-46-92-78(51-70)80-54-83-88-50-66(2)112-90-60-108-85(76-29-21-25-33-106(76)131-108)57-101(90)128-104-58-86-77-30-22-26-34-109(77)132-110(86)64-98(104)125(114(88)116(112)128)129(102(83)63-96(80)122(92,15)16)72-43-37-67(38-44-72)117(3,4)5/h19-46,49-64,126H,47-48H2,1-18H3/q+1. The third kappa shape index (κ3) is 10.6. The molecule has 0 radical (unpaired) electrons. The molecule has 3 aliphatic carbocycles. The summed E-state index contributed by atoms with van der Waals surface area (Å²) in [5, 5.41) is 18.8. The molecule has 9 heteroatoms. The Kier molecular flexibility index (Phi) is 15.5. The van der Waals surface area contributed by atoms with E-state index in [1.54, 1.807) is 0 Å². The van der Waals surface area contributed by atoms with E-state index in [-0.39, 0.29) is 44.8 Å². The summed E-state index contributed by atoms with van der Waals surface area (Å²) in [4.78, 5) is 2.75. The van der Waals surface area contributed by atoms with Crippen LogP contribution in [0.4, 0.5) is 22.7 Å². The van der Waals surface area contributed by atoms with E-state index in [0.29, 0.717) is 0 Å². The van der Waals surface area contributed by atoms with Crippen molar-refractivity contribution in [3.05, 3.63) is 334 Å². The Labute approximate surface area is 775 Å². The molecule has 0 bridgehead atoms. The maximum Gasteiger partial charge on any atom is 0.0355 e. The van der Waals surface area contributed by atoms with Crippen LogP contribution in [0.1, 0.15) is 190 Å². The van der Waals surface area contributed by atoms with Crippen LogP contribution >= 0.6 is 11.3 Å².